The number of rotatable bonds is 26. The van der Waals surface area contributed by atoms with Crippen molar-refractivity contribution in [2.24, 2.45) is 17.4 Å². The summed E-state index contributed by atoms with van der Waals surface area (Å²) in [6, 6.07) is 4.90. The highest BCUT2D eigenvalue weighted by Crippen LogP contribution is 2.25. The summed E-state index contributed by atoms with van der Waals surface area (Å²) in [6.45, 7) is 8.25. The average Bonchev–Trinajstić information content (AvgIpc) is 3.35. The van der Waals surface area contributed by atoms with Crippen molar-refractivity contribution in [3.63, 3.8) is 0 Å². The summed E-state index contributed by atoms with van der Waals surface area (Å²) < 4.78 is 28.4. The first kappa shape index (κ1) is 59.9. The quantitative estimate of drug-likeness (QED) is 0.0414. The van der Waals surface area contributed by atoms with E-state index >= 15 is 0 Å². The lowest BCUT2D eigenvalue weighted by Gasteiger charge is -2.42. The number of aliphatic hydroxyl groups excluding tert-OH is 1. The molecule has 1 saturated heterocycles. The Morgan fingerprint density at radius 1 is 0.747 bits per heavy atom. The number of hydrazine groups is 1. The maximum atomic E-state index is 14.4. The molecule has 1 fully saturated rings. The van der Waals surface area contributed by atoms with E-state index in [-0.39, 0.29) is 88.0 Å². The molecule has 25 heteroatoms. The van der Waals surface area contributed by atoms with Crippen LogP contribution in [0.2, 0.25) is 0 Å². The summed E-state index contributed by atoms with van der Waals surface area (Å²) in [4.78, 5) is 126. The number of hydrogen-bond acceptors (Lipinski definition) is 13. The molecule has 14 N–H and O–H groups in total. The van der Waals surface area contributed by atoms with Crippen LogP contribution >= 0.6 is 0 Å². The van der Waals surface area contributed by atoms with E-state index in [2.05, 4.69) is 53.1 Å². The molecule has 2 aromatic carbocycles. The molecule has 0 radical (unpaired) electrons. The number of urea groups is 1. The van der Waals surface area contributed by atoms with Crippen LogP contribution in [0.25, 0.3) is 0 Å². The molecule has 0 bridgehead atoms. The first-order chi connectivity index (χ1) is 35.5. The van der Waals surface area contributed by atoms with E-state index in [1.165, 1.54) is 42.4 Å². The lowest BCUT2D eigenvalue weighted by Crippen LogP contribution is -2.68. The van der Waals surface area contributed by atoms with Crippen molar-refractivity contribution in [2.45, 2.75) is 122 Å². The minimum absolute atomic E-state index is 0.00318. The van der Waals surface area contributed by atoms with Gasteiger partial charge in [-0.25, -0.2) is 19.0 Å². The number of likely N-dealkylation sites (N-methyl/N-ethyl adjacent to an activating group) is 1. The van der Waals surface area contributed by atoms with Gasteiger partial charge in [0.25, 0.3) is 5.91 Å². The zero-order valence-corrected chi connectivity index (χ0v) is 42.6. The number of nitrogens with one attached hydrogen (secondary N) is 9. The molecule has 23 nitrogen and oxygen atoms in total. The van der Waals surface area contributed by atoms with Crippen LogP contribution in [0.1, 0.15) is 75.6 Å². The highest BCUT2D eigenvalue weighted by molar-refractivity contribution is 5.98. The summed E-state index contributed by atoms with van der Waals surface area (Å²) in [5.41, 5.74) is 15.5. The number of halogens is 2. The Morgan fingerprint density at radius 2 is 1.43 bits per heavy atom. The molecule has 10 amide bonds. The molecule has 408 valence electrons. The van der Waals surface area contributed by atoms with E-state index in [1.54, 1.807) is 52.0 Å². The minimum atomic E-state index is -1.75. The van der Waals surface area contributed by atoms with E-state index in [0.29, 0.717) is 16.7 Å². The van der Waals surface area contributed by atoms with Crippen molar-refractivity contribution in [3.8, 4) is 0 Å². The van der Waals surface area contributed by atoms with Gasteiger partial charge >= 0.3 is 6.03 Å². The lowest BCUT2D eigenvalue weighted by atomic mass is 9.85. The fourth-order valence-electron chi connectivity index (χ4n) is 8.15. The SMILES string of the molecule is CCN[C@@H](CC(N)=O)C(=O)N[C@H](C(=O)N[C@@H](Cc1cccc(F)c1)C(=O)NNC(=O)N[C@@H](CC(C)C)C(=O)NC1(C(=O)N[C@@H](Cc2ccncc2)C(N)=O)CCN(C(=O)CNCc2ccc(C)c(F)c2)CC1)[C@@H](C)O. The predicted molar refractivity (Wildman–Crippen MR) is 269 cm³/mol. The number of carbonyl (C=O) groups is 9. The number of nitrogens with zero attached hydrogens (tertiary/aromatic N) is 2. The van der Waals surface area contributed by atoms with E-state index in [0.717, 1.165) is 12.1 Å². The molecule has 3 aromatic rings. The third-order valence-electron chi connectivity index (χ3n) is 12.3. The number of likely N-dealkylation sites (tertiary alicyclic amines) is 1. The molecule has 1 aliphatic rings. The van der Waals surface area contributed by atoms with Gasteiger partial charge in [-0.05, 0) is 98.2 Å². The van der Waals surface area contributed by atoms with Crippen LogP contribution in [0.5, 0.6) is 0 Å². The van der Waals surface area contributed by atoms with E-state index in [1.807, 2.05) is 0 Å². The highest BCUT2D eigenvalue weighted by Gasteiger charge is 2.46. The largest absolute Gasteiger partial charge is 0.391 e. The average molecular weight is 1050 g/mol. The number of hydrogen-bond donors (Lipinski definition) is 12. The predicted octanol–water partition coefficient (Wildman–Crippen LogP) is -1.36. The molecule has 6 atom stereocenters. The number of piperidine rings is 1. The number of aromatic nitrogens is 1. The normalized spacial score (nSPS) is 15.4. The Kier molecular flexibility index (Phi) is 22.9. The van der Waals surface area contributed by atoms with Gasteiger partial charge in [0.2, 0.25) is 41.4 Å². The van der Waals surface area contributed by atoms with Gasteiger partial charge in [0.15, 0.2) is 0 Å². The van der Waals surface area contributed by atoms with Crippen LogP contribution < -0.4 is 59.5 Å². The second-order valence-corrected chi connectivity index (χ2v) is 18.8. The van der Waals surface area contributed by atoms with E-state index in [9.17, 15) is 57.0 Å². The van der Waals surface area contributed by atoms with Gasteiger partial charge in [-0.2, -0.15) is 0 Å². The molecule has 1 aromatic heterocycles. The smallest absolute Gasteiger partial charge is 0.334 e. The first-order valence-corrected chi connectivity index (χ1v) is 24.5. The zero-order chi connectivity index (χ0) is 55.4. The number of aryl methyl sites for hydroxylation is 1. The summed E-state index contributed by atoms with van der Waals surface area (Å²) in [5, 5.41) is 29.0. The number of amides is 10. The van der Waals surface area contributed by atoms with Gasteiger partial charge < -0.3 is 58.7 Å². The van der Waals surface area contributed by atoms with Crippen molar-refractivity contribution in [1.29, 1.82) is 0 Å². The van der Waals surface area contributed by atoms with Crippen molar-refractivity contribution >= 4 is 53.3 Å². The molecule has 0 saturated carbocycles. The van der Waals surface area contributed by atoms with Gasteiger partial charge in [0.1, 0.15) is 41.3 Å². The molecular weight excluding hydrogens is 981 g/mol. The number of primary amides is 2. The monoisotopic (exact) mass is 1050 g/mol. The standard InChI is InChI=1S/C50H69F2N13O10/c1-6-57-37(25-40(53)67)44(70)61-42(30(5)66)47(73)58-39(24-32-8-7-9-34(51)21-32)46(72)63-64-49(75)60-38(20-28(2)3)45(71)62-50(48(74)59-36(43(54)69)23-31-12-16-55-17-13-31)14-18-65(19-15-50)41(68)27-56-26-33-11-10-29(4)35(52)22-33/h7-13,16-17,21-22,28,30,36-39,42,56-57,66H,6,14-15,18-20,23-27H2,1-5H3,(H2,53,67)(H2,54,69)(H,58,73)(H,59,74)(H,61,70)(H,62,71)(H,63,72)(H2,60,64,75)/t30-,36+,37+,38+,39+,42+/m1/s1. The molecule has 0 unspecified atom stereocenters. The number of carbonyl (C=O) groups excluding carboxylic acids is 9. The maximum Gasteiger partial charge on any atom is 0.334 e. The van der Waals surface area contributed by atoms with E-state index in [4.69, 9.17) is 11.5 Å². The molecule has 75 heavy (non-hydrogen) atoms. The van der Waals surface area contributed by atoms with Crippen LogP contribution in [-0.2, 0) is 57.7 Å². The Bertz CT molecular complexity index is 2490. The number of benzene rings is 2. The van der Waals surface area contributed by atoms with Gasteiger partial charge in [-0.1, -0.05) is 45.0 Å². The van der Waals surface area contributed by atoms with Gasteiger partial charge in [0, 0.05) is 44.9 Å². The molecule has 1 aliphatic heterocycles. The van der Waals surface area contributed by atoms with Gasteiger partial charge in [-0.15, -0.1) is 0 Å². The Balaban J connectivity index is 1.51. The number of pyridine rings is 1. The Morgan fingerprint density at radius 3 is 2.03 bits per heavy atom. The van der Waals surface area contributed by atoms with E-state index < -0.39 is 101 Å². The minimum Gasteiger partial charge on any atom is -0.391 e. The first-order valence-electron chi connectivity index (χ1n) is 24.5. The van der Waals surface area contributed by atoms with Crippen LogP contribution in [0.4, 0.5) is 13.6 Å². The Hall–Kier alpha value is -7.64. The molecular formula is C50H69F2N13O10. The second kappa shape index (κ2) is 28.7. The van der Waals surface area contributed by atoms with Crippen LogP contribution in [-0.4, -0.2) is 136 Å². The van der Waals surface area contributed by atoms with Crippen LogP contribution in [0.3, 0.4) is 0 Å². The summed E-state index contributed by atoms with van der Waals surface area (Å²) in [5.74, 6) is -7.94. The summed E-state index contributed by atoms with van der Waals surface area (Å²) >= 11 is 0. The van der Waals surface area contributed by atoms with Crippen LogP contribution in [0.15, 0.2) is 67.0 Å². The molecule has 0 aliphatic carbocycles. The summed E-state index contributed by atoms with van der Waals surface area (Å²) in [7, 11) is 0. The van der Waals surface area contributed by atoms with Crippen molar-refractivity contribution in [1.82, 2.24) is 58.0 Å². The number of aliphatic hydroxyl groups is 1. The molecule has 0 spiro atoms. The third-order valence-corrected chi connectivity index (χ3v) is 12.3. The van der Waals surface area contributed by atoms with Crippen molar-refractivity contribution in [2.75, 3.05) is 26.2 Å². The second-order valence-electron chi connectivity index (χ2n) is 18.8. The zero-order valence-electron chi connectivity index (χ0n) is 42.6. The third kappa shape index (κ3) is 19.0. The topological polar surface area (TPSA) is 350 Å². The highest BCUT2D eigenvalue weighted by atomic mass is 19.1. The molecule has 2 heterocycles. The summed E-state index contributed by atoms with van der Waals surface area (Å²) in [6.07, 6.45) is 0.358. The van der Waals surface area contributed by atoms with Gasteiger partial charge in [-0.3, -0.25) is 48.8 Å². The Labute approximate surface area is 433 Å². The number of nitrogens with two attached hydrogens (primary N) is 2. The van der Waals surface area contributed by atoms with Gasteiger partial charge in [0.05, 0.1) is 25.1 Å². The van der Waals surface area contributed by atoms with Crippen LogP contribution in [0, 0.1) is 24.5 Å². The van der Waals surface area contributed by atoms with Crippen molar-refractivity contribution < 1.29 is 57.0 Å². The van der Waals surface area contributed by atoms with Crippen molar-refractivity contribution in [3.05, 3.63) is 101 Å². The molecule has 4 rings (SSSR count). The maximum absolute atomic E-state index is 14.4. The fourth-order valence-corrected chi connectivity index (χ4v) is 8.15. The lowest BCUT2D eigenvalue weighted by molar-refractivity contribution is -0.141. The fraction of sp³-hybridized carbons (Fsp3) is 0.480.